The second-order valence-corrected chi connectivity index (χ2v) is 19.3. The number of carbonyl (C=O) groups is 3. The van der Waals surface area contributed by atoms with Gasteiger partial charge in [-0.3, -0.25) is 14.4 Å². The van der Waals surface area contributed by atoms with Crippen LogP contribution < -0.4 is 5.32 Å². The van der Waals surface area contributed by atoms with Crippen LogP contribution in [-0.4, -0.2) is 37.1 Å². The topological polar surface area (TPSA) is 105 Å². The molecule has 10 atom stereocenters. The number of allylic oxidation sites excluding steroid dienone is 1. The number of ether oxygens (including phenoxy) is 2. The maximum atomic E-state index is 14.1. The van der Waals surface area contributed by atoms with Crippen molar-refractivity contribution in [2.45, 2.75) is 145 Å². The van der Waals surface area contributed by atoms with Gasteiger partial charge in [-0.25, -0.2) is 0 Å². The Labute approximate surface area is 302 Å². The van der Waals surface area contributed by atoms with E-state index in [9.17, 15) is 14.4 Å². The van der Waals surface area contributed by atoms with Crippen molar-refractivity contribution in [3.63, 3.8) is 0 Å². The van der Waals surface area contributed by atoms with Gasteiger partial charge in [-0.15, -0.1) is 0 Å². The Bertz CT molecular complexity index is 1410. The van der Waals surface area contributed by atoms with Crippen LogP contribution in [0, 0.1) is 73.4 Å². The van der Waals surface area contributed by atoms with Crippen molar-refractivity contribution in [2.75, 3.05) is 13.2 Å². The van der Waals surface area contributed by atoms with E-state index >= 15 is 0 Å². The Morgan fingerprint density at radius 1 is 0.900 bits per heavy atom. The summed E-state index contributed by atoms with van der Waals surface area (Å²) in [6, 6.07) is 2.19. The standard InChI is InChI=1S/C43H66N2O5/c1-11-25-49-34(46)26-38(4,5)27-35(47)50-33-17-18-40(8)31(39(33,6)7)16-19-42(10)32(40)14-13-30-36-29(28(2)3)15-20-43(36,22-21-41(30,42)9)37(48)45-24-12-23-44/h11,29-33,36H,1-2,12-22,24-27H2,3-10H3,(H,45,48)/t29?,30-,31?,32?,33+,36?,40+,41-,42-,43+/m1/s1. The third-order valence-corrected chi connectivity index (χ3v) is 15.9. The maximum Gasteiger partial charge on any atom is 0.306 e. The van der Waals surface area contributed by atoms with Crippen LogP contribution >= 0.6 is 0 Å². The number of fused-ring (bicyclic) bond motifs is 7. The van der Waals surface area contributed by atoms with Crippen molar-refractivity contribution in [3.05, 3.63) is 24.8 Å². The zero-order valence-corrected chi connectivity index (χ0v) is 32.6. The molecule has 0 aliphatic heterocycles. The number of amides is 1. The Morgan fingerprint density at radius 3 is 2.26 bits per heavy atom. The van der Waals surface area contributed by atoms with E-state index in [1.807, 2.05) is 13.8 Å². The quantitative estimate of drug-likeness (QED) is 0.132. The molecule has 0 aromatic carbocycles. The Kier molecular flexibility index (Phi) is 10.6. The van der Waals surface area contributed by atoms with Gasteiger partial charge in [0.05, 0.1) is 30.7 Å². The number of esters is 2. The smallest absolute Gasteiger partial charge is 0.306 e. The monoisotopic (exact) mass is 690 g/mol. The molecule has 0 aromatic rings. The van der Waals surface area contributed by atoms with Gasteiger partial charge in [0.1, 0.15) is 12.7 Å². The third kappa shape index (κ3) is 6.27. The van der Waals surface area contributed by atoms with Crippen molar-refractivity contribution < 1.29 is 23.9 Å². The zero-order valence-electron chi connectivity index (χ0n) is 32.6. The normalized spacial score (nSPS) is 40.1. The van der Waals surface area contributed by atoms with Crippen LogP contribution in [0.3, 0.4) is 0 Å². The van der Waals surface area contributed by atoms with Crippen molar-refractivity contribution in [1.29, 1.82) is 5.26 Å². The molecule has 1 amide bonds. The van der Waals surface area contributed by atoms with Gasteiger partial charge in [0.2, 0.25) is 5.91 Å². The molecule has 7 nitrogen and oxygen atoms in total. The number of carbonyl (C=O) groups excluding carboxylic acids is 3. The predicted molar refractivity (Wildman–Crippen MR) is 196 cm³/mol. The van der Waals surface area contributed by atoms with E-state index in [1.54, 1.807) is 6.08 Å². The van der Waals surface area contributed by atoms with E-state index < -0.39 is 5.41 Å². The number of nitrogens with zero attached hydrogens (tertiary/aromatic N) is 1. The number of hydrogen-bond donors (Lipinski definition) is 1. The fourth-order valence-electron chi connectivity index (χ4n) is 13.4. The molecule has 278 valence electrons. The first-order valence-electron chi connectivity index (χ1n) is 19.6. The van der Waals surface area contributed by atoms with Crippen LogP contribution in [0.4, 0.5) is 0 Å². The molecule has 5 saturated carbocycles. The lowest BCUT2D eigenvalue weighted by Gasteiger charge is -2.72. The largest absolute Gasteiger partial charge is 0.462 e. The Hall–Kier alpha value is -2.62. The van der Waals surface area contributed by atoms with Gasteiger partial charge in [0, 0.05) is 12.0 Å². The molecule has 0 aromatic heterocycles. The first kappa shape index (κ1) is 38.6. The van der Waals surface area contributed by atoms with Crippen molar-refractivity contribution in [3.8, 4) is 6.07 Å². The summed E-state index contributed by atoms with van der Waals surface area (Å²) in [5.74, 6) is 1.74. The highest BCUT2D eigenvalue weighted by molar-refractivity contribution is 5.84. The van der Waals surface area contributed by atoms with E-state index in [2.05, 4.69) is 66.1 Å². The number of nitrogens with one attached hydrogen (secondary N) is 1. The molecule has 4 unspecified atom stereocenters. The average molecular weight is 691 g/mol. The molecule has 5 aliphatic carbocycles. The minimum atomic E-state index is -0.555. The maximum absolute atomic E-state index is 14.1. The Morgan fingerprint density at radius 2 is 1.60 bits per heavy atom. The highest BCUT2D eigenvalue weighted by Crippen LogP contribution is 2.77. The van der Waals surface area contributed by atoms with E-state index in [1.165, 1.54) is 12.0 Å². The molecule has 7 heteroatoms. The third-order valence-electron chi connectivity index (χ3n) is 15.9. The SMILES string of the molecule is C=CCOC(=O)CC(C)(C)CC(=O)O[C@H]1CC[C@@]2(C)C(CC[C@]3(C)C2CC[C@@H]2C4C(C(=C)C)CC[C@]4(C(=O)NCCC#N)CC[C@]23C)C1(C)C. The second kappa shape index (κ2) is 13.7. The fraction of sp³-hybridized carbons (Fsp3) is 0.814. The van der Waals surface area contributed by atoms with Gasteiger partial charge >= 0.3 is 11.9 Å². The molecule has 0 radical (unpaired) electrons. The molecule has 0 bridgehead atoms. The van der Waals surface area contributed by atoms with Crippen molar-refractivity contribution in [1.82, 2.24) is 5.32 Å². The summed E-state index contributed by atoms with van der Waals surface area (Å²) < 4.78 is 11.5. The van der Waals surface area contributed by atoms with Crippen LogP contribution in [0.15, 0.2) is 24.8 Å². The summed E-state index contributed by atoms with van der Waals surface area (Å²) in [4.78, 5) is 39.7. The lowest BCUT2D eigenvalue weighted by atomic mass is 9.32. The first-order valence-corrected chi connectivity index (χ1v) is 19.6. The van der Waals surface area contributed by atoms with Crippen LogP contribution in [0.2, 0.25) is 0 Å². The molecule has 5 aliphatic rings. The van der Waals surface area contributed by atoms with Gasteiger partial charge in [-0.05, 0) is 122 Å². The van der Waals surface area contributed by atoms with Crippen LogP contribution in [0.1, 0.15) is 139 Å². The van der Waals surface area contributed by atoms with Gasteiger partial charge < -0.3 is 14.8 Å². The number of hydrogen-bond acceptors (Lipinski definition) is 6. The van der Waals surface area contributed by atoms with Gasteiger partial charge in [0.25, 0.3) is 0 Å². The van der Waals surface area contributed by atoms with Crippen LogP contribution in [0.5, 0.6) is 0 Å². The lowest BCUT2D eigenvalue weighted by Crippen LogP contribution is -2.67. The molecular formula is C43H66N2O5. The van der Waals surface area contributed by atoms with E-state index in [-0.39, 0.29) is 70.5 Å². The summed E-state index contributed by atoms with van der Waals surface area (Å²) in [5, 5.41) is 12.3. The van der Waals surface area contributed by atoms with Gasteiger partial charge in [-0.2, -0.15) is 5.26 Å². The number of rotatable bonds is 11. The first-order chi connectivity index (χ1) is 23.3. The van der Waals surface area contributed by atoms with E-state index in [0.717, 1.165) is 57.8 Å². The minimum absolute atomic E-state index is 0.120. The van der Waals surface area contributed by atoms with Crippen molar-refractivity contribution in [2.24, 2.45) is 62.1 Å². The van der Waals surface area contributed by atoms with Gasteiger partial charge in [-0.1, -0.05) is 73.3 Å². The molecule has 5 fully saturated rings. The number of nitriles is 1. The van der Waals surface area contributed by atoms with Crippen LogP contribution in [0.25, 0.3) is 0 Å². The molecule has 1 N–H and O–H groups in total. The Balaban J connectivity index is 1.35. The zero-order chi connectivity index (χ0) is 36.9. The summed E-state index contributed by atoms with van der Waals surface area (Å²) in [7, 11) is 0. The molecular weight excluding hydrogens is 624 g/mol. The summed E-state index contributed by atoms with van der Waals surface area (Å²) >= 11 is 0. The fourth-order valence-corrected chi connectivity index (χ4v) is 13.4. The van der Waals surface area contributed by atoms with Crippen LogP contribution in [-0.2, 0) is 23.9 Å². The molecule has 50 heavy (non-hydrogen) atoms. The summed E-state index contributed by atoms with van der Waals surface area (Å²) in [5.41, 5.74) is 0.534. The minimum Gasteiger partial charge on any atom is -0.462 e. The van der Waals surface area contributed by atoms with E-state index in [0.29, 0.717) is 42.6 Å². The van der Waals surface area contributed by atoms with E-state index in [4.69, 9.17) is 14.7 Å². The highest BCUT2D eigenvalue weighted by Gasteiger charge is 2.72. The predicted octanol–water partition coefficient (Wildman–Crippen LogP) is 9.12. The summed E-state index contributed by atoms with van der Waals surface area (Å²) in [6.45, 7) is 27.1. The highest BCUT2D eigenvalue weighted by atomic mass is 16.5. The second-order valence-electron chi connectivity index (χ2n) is 19.3. The van der Waals surface area contributed by atoms with Gasteiger partial charge in [0.15, 0.2) is 0 Å². The molecule has 0 spiro atoms. The molecule has 0 saturated heterocycles. The van der Waals surface area contributed by atoms with Crippen molar-refractivity contribution >= 4 is 17.8 Å². The summed E-state index contributed by atoms with van der Waals surface area (Å²) in [6.07, 6.45) is 12.5. The lowest BCUT2D eigenvalue weighted by molar-refractivity contribution is -0.249. The molecule has 5 rings (SSSR count). The average Bonchev–Trinajstić information content (AvgIpc) is 3.43. The molecule has 0 heterocycles.